The lowest BCUT2D eigenvalue weighted by Crippen LogP contribution is -2.60. The quantitative estimate of drug-likeness (QED) is 0.163. The van der Waals surface area contributed by atoms with Gasteiger partial charge in [0.15, 0.2) is 0 Å². The van der Waals surface area contributed by atoms with Crippen LogP contribution in [0.3, 0.4) is 0 Å². The zero-order chi connectivity index (χ0) is 43.8. The maximum absolute atomic E-state index is 2.62. The number of para-hydroxylation sites is 1. The number of anilines is 6. The van der Waals surface area contributed by atoms with Gasteiger partial charge in [-0.05, 0) is 130 Å². The highest BCUT2D eigenvalue weighted by Gasteiger charge is 2.56. The molecule has 1 aromatic heterocycles. The predicted molar refractivity (Wildman–Crippen MR) is 280 cm³/mol. The van der Waals surface area contributed by atoms with Crippen molar-refractivity contribution in [3.05, 3.63) is 245 Å². The van der Waals surface area contributed by atoms with Crippen LogP contribution in [-0.4, -0.2) is 6.71 Å². The molecule has 0 radical (unpaired) electrons. The molecule has 1 spiro atoms. The fourth-order valence-electron chi connectivity index (χ4n) is 12.1. The number of thiophene rings is 1. The Bertz CT molecular complexity index is 3600. The Kier molecular flexibility index (Phi) is 7.95. The molecule has 10 aromatic rings. The molecule has 0 atom stereocenters. The van der Waals surface area contributed by atoms with Crippen LogP contribution in [0.1, 0.15) is 38.3 Å². The molecule has 2 aliphatic heterocycles. The summed E-state index contributed by atoms with van der Waals surface area (Å²) in [5.41, 5.74) is 27.8. The number of aryl methyl sites for hydroxylation is 3. The van der Waals surface area contributed by atoms with Crippen LogP contribution in [0, 0.1) is 20.8 Å². The van der Waals surface area contributed by atoms with Crippen molar-refractivity contribution >= 4 is 67.9 Å². The third-order valence-corrected chi connectivity index (χ3v) is 16.2. The lowest BCUT2D eigenvalue weighted by atomic mass is 9.36. The average Bonchev–Trinajstić information content (AvgIpc) is 3.98. The van der Waals surface area contributed by atoms with Crippen molar-refractivity contribution in [1.29, 1.82) is 0 Å². The minimum absolute atomic E-state index is 0.00328. The van der Waals surface area contributed by atoms with E-state index in [1.165, 1.54) is 127 Å². The third-order valence-electron chi connectivity index (χ3n) is 14.8. The average molecular weight is 859 g/mol. The van der Waals surface area contributed by atoms with Crippen molar-refractivity contribution < 1.29 is 0 Å². The number of rotatable bonds is 4. The van der Waals surface area contributed by atoms with E-state index in [0.29, 0.717) is 0 Å². The molecule has 0 bridgehead atoms. The van der Waals surface area contributed by atoms with Crippen molar-refractivity contribution in [3.8, 4) is 44.5 Å². The fraction of sp³-hybridized carbons (Fsp3) is 0.0645. The number of fused-ring (bicyclic) bond motifs is 15. The molecule has 2 nitrogen and oxygen atoms in total. The molecular formula is C62H43BN2S. The summed E-state index contributed by atoms with van der Waals surface area (Å²) in [4.78, 5) is 6.58. The summed E-state index contributed by atoms with van der Waals surface area (Å²) in [7, 11) is 0. The molecule has 0 saturated carbocycles. The monoisotopic (exact) mass is 858 g/mol. The van der Waals surface area contributed by atoms with Gasteiger partial charge < -0.3 is 9.80 Å². The summed E-state index contributed by atoms with van der Waals surface area (Å²) >= 11 is 2.05. The van der Waals surface area contributed by atoms with Crippen molar-refractivity contribution in [2.45, 2.75) is 26.2 Å². The standard InChI is InChI=1S/C62H43BN2S/c1-38-25-30-44(31-26-38)65-55-24-14-23-54-58(55)63(53-34-29-42(37-56(53)64(54)43-17-8-5-9-18-43)49-35-39(2)27-32-45(49)41-15-6-4-7-16-41)61-59(65)57-48-33-28-40(3)36-52(48)62(60(57)66-61)50-21-12-10-19-46(50)47-20-11-13-22-51(47)62/h4-37H,1-3H3. The second-order valence-corrected chi connectivity index (χ2v) is 19.6. The second kappa shape index (κ2) is 13.9. The molecule has 0 fully saturated rings. The molecule has 14 rings (SSSR count). The van der Waals surface area contributed by atoms with Crippen LogP contribution in [0.5, 0.6) is 0 Å². The van der Waals surface area contributed by atoms with Gasteiger partial charge in [-0.3, -0.25) is 0 Å². The minimum Gasteiger partial charge on any atom is -0.311 e. The molecule has 0 unspecified atom stereocenters. The van der Waals surface area contributed by atoms with Gasteiger partial charge in [0, 0.05) is 43.7 Å². The molecule has 4 heteroatoms. The third kappa shape index (κ3) is 5.02. The predicted octanol–water partition coefficient (Wildman–Crippen LogP) is 14.4. The Morgan fingerprint density at radius 2 is 1.02 bits per heavy atom. The fourth-order valence-corrected chi connectivity index (χ4v) is 13.8. The van der Waals surface area contributed by atoms with E-state index in [1.54, 1.807) is 0 Å². The van der Waals surface area contributed by atoms with E-state index >= 15 is 0 Å². The summed E-state index contributed by atoms with van der Waals surface area (Å²) in [6, 6.07) is 78.0. The molecule has 3 heterocycles. The van der Waals surface area contributed by atoms with Gasteiger partial charge in [0.05, 0.1) is 11.1 Å². The van der Waals surface area contributed by atoms with E-state index in [2.05, 4.69) is 248 Å². The van der Waals surface area contributed by atoms with Crippen LogP contribution in [0.25, 0.3) is 44.5 Å². The highest BCUT2D eigenvalue weighted by Crippen LogP contribution is 2.67. The van der Waals surface area contributed by atoms with Crippen molar-refractivity contribution in [3.63, 3.8) is 0 Å². The Hall–Kier alpha value is -7.66. The van der Waals surface area contributed by atoms with Gasteiger partial charge in [0.2, 0.25) is 0 Å². The van der Waals surface area contributed by atoms with E-state index in [9.17, 15) is 0 Å². The summed E-state index contributed by atoms with van der Waals surface area (Å²) < 4.78 is 1.40. The van der Waals surface area contributed by atoms with E-state index in [0.717, 1.165) is 5.69 Å². The lowest BCUT2D eigenvalue weighted by molar-refractivity contribution is 0.810. The Morgan fingerprint density at radius 1 is 0.409 bits per heavy atom. The zero-order valence-corrected chi connectivity index (χ0v) is 37.8. The maximum Gasteiger partial charge on any atom is 0.264 e. The van der Waals surface area contributed by atoms with Gasteiger partial charge in [-0.15, -0.1) is 11.3 Å². The van der Waals surface area contributed by atoms with Gasteiger partial charge in [-0.1, -0.05) is 180 Å². The molecule has 4 aliphatic rings. The van der Waals surface area contributed by atoms with E-state index in [4.69, 9.17) is 0 Å². The van der Waals surface area contributed by atoms with Gasteiger partial charge in [-0.25, -0.2) is 0 Å². The molecular weight excluding hydrogens is 816 g/mol. The summed E-state index contributed by atoms with van der Waals surface area (Å²) in [6.07, 6.45) is 0. The van der Waals surface area contributed by atoms with Crippen molar-refractivity contribution in [1.82, 2.24) is 0 Å². The van der Waals surface area contributed by atoms with E-state index in [-0.39, 0.29) is 6.71 Å². The summed E-state index contributed by atoms with van der Waals surface area (Å²) in [5.74, 6) is 0. The van der Waals surface area contributed by atoms with Gasteiger partial charge in [0.25, 0.3) is 6.71 Å². The van der Waals surface area contributed by atoms with Crippen molar-refractivity contribution in [2.24, 2.45) is 0 Å². The number of nitrogens with zero attached hydrogens (tertiary/aromatic N) is 2. The first-order valence-electron chi connectivity index (χ1n) is 23.1. The Labute approximate surface area is 390 Å². The molecule has 0 amide bonds. The number of hydrogen-bond acceptors (Lipinski definition) is 3. The first-order valence-corrected chi connectivity index (χ1v) is 23.9. The highest BCUT2D eigenvalue weighted by molar-refractivity contribution is 7.30. The first kappa shape index (κ1) is 37.7. The van der Waals surface area contributed by atoms with Crippen LogP contribution in [0.15, 0.2) is 206 Å². The largest absolute Gasteiger partial charge is 0.311 e. The van der Waals surface area contributed by atoms with Crippen LogP contribution < -0.4 is 25.5 Å². The first-order chi connectivity index (χ1) is 32.5. The van der Waals surface area contributed by atoms with Gasteiger partial charge in [0.1, 0.15) is 0 Å². The summed E-state index contributed by atoms with van der Waals surface area (Å²) in [5, 5.41) is 0. The molecule has 66 heavy (non-hydrogen) atoms. The maximum atomic E-state index is 2.62. The van der Waals surface area contributed by atoms with Crippen LogP contribution >= 0.6 is 11.3 Å². The van der Waals surface area contributed by atoms with E-state index < -0.39 is 5.41 Å². The topological polar surface area (TPSA) is 6.48 Å². The van der Waals surface area contributed by atoms with E-state index in [1.807, 2.05) is 0 Å². The molecule has 9 aromatic carbocycles. The normalized spacial score (nSPS) is 14.0. The second-order valence-electron chi connectivity index (χ2n) is 18.6. The van der Waals surface area contributed by atoms with Crippen molar-refractivity contribution in [2.75, 3.05) is 9.80 Å². The minimum atomic E-state index is -0.448. The summed E-state index contributed by atoms with van der Waals surface area (Å²) in [6.45, 7) is 6.65. The molecule has 310 valence electrons. The van der Waals surface area contributed by atoms with Gasteiger partial charge >= 0.3 is 0 Å². The van der Waals surface area contributed by atoms with Crippen LogP contribution in [0.2, 0.25) is 0 Å². The smallest absolute Gasteiger partial charge is 0.264 e. The Balaban J connectivity index is 1.10. The molecule has 0 saturated heterocycles. The zero-order valence-electron chi connectivity index (χ0n) is 37.0. The van der Waals surface area contributed by atoms with Crippen LogP contribution in [-0.2, 0) is 5.41 Å². The lowest BCUT2D eigenvalue weighted by Gasteiger charge is -2.43. The number of benzene rings is 9. The Morgan fingerprint density at radius 3 is 1.74 bits per heavy atom. The SMILES string of the molecule is Cc1ccc(N2c3cccc4c3B(c3ccc(-c5cc(C)ccc5-c5ccccc5)cc3N4c3ccccc3)c3sc4c(c32)-c2ccc(C)cc2C42c3ccccc3-c3ccccc32)cc1. The number of hydrogen-bond donors (Lipinski definition) is 0. The molecule has 2 aliphatic carbocycles. The van der Waals surface area contributed by atoms with Gasteiger partial charge in [-0.2, -0.15) is 0 Å². The van der Waals surface area contributed by atoms with Crippen LogP contribution in [0.4, 0.5) is 34.1 Å². The highest BCUT2D eigenvalue weighted by atomic mass is 32.1. The molecule has 0 N–H and O–H groups in total.